The summed E-state index contributed by atoms with van der Waals surface area (Å²) < 4.78 is 7.70. The average molecular weight is 429 g/mol. The van der Waals surface area contributed by atoms with Crippen LogP contribution in [0.1, 0.15) is 56.9 Å². The van der Waals surface area contributed by atoms with Gasteiger partial charge in [0.05, 0.1) is 16.1 Å². The summed E-state index contributed by atoms with van der Waals surface area (Å²) in [7, 11) is 0. The van der Waals surface area contributed by atoms with Crippen molar-refractivity contribution in [2.75, 3.05) is 18.4 Å². The van der Waals surface area contributed by atoms with E-state index in [1.807, 2.05) is 11.3 Å². The summed E-state index contributed by atoms with van der Waals surface area (Å²) in [6, 6.07) is 6.97. The molecule has 4 rings (SSSR count). The standard InChI is InChI=1S/C22H28N4OS2/c1-3-26(4-2)29-19-14-17(25-22-23-12-13-27-22)10-11-18(19)20-15-24-21(28-20)16-8-6-5-7-9-16/h10-16H,3-9H2,1-2H3,(H,23,25). The van der Waals surface area contributed by atoms with E-state index in [0.29, 0.717) is 11.9 Å². The molecule has 1 aliphatic rings. The van der Waals surface area contributed by atoms with Crippen molar-refractivity contribution >= 4 is 35.0 Å². The molecule has 0 aliphatic heterocycles. The summed E-state index contributed by atoms with van der Waals surface area (Å²) >= 11 is 3.67. The second-order valence-corrected chi connectivity index (χ2v) is 9.48. The lowest BCUT2D eigenvalue weighted by molar-refractivity contribution is 0.442. The van der Waals surface area contributed by atoms with Crippen molar-refractivity contribution in [1.82, 2.24) is 14.3 Å². The number of nitrogens with zero attached hydrogens (tertiary/aromatic N) is 3. The highest BCUT2D eigenvalue weighted by Crippen LogP contribution is 2.41. The second kappa shape index (κ2) is 9.78. The molecule has 0 radical (unpaired) electrons. The number of nitrogens with one attached hydrogen (secondary N) is 1. The van der Waals surface area contributed by atoms with Gasteiger partial charge in [0.15, 0.2) is 0 Å². The van der Waals surface area contributed by atoms with Crippen molar-refractivity contribution < 1.29 is 4.42 Å². The molecule has 1 aliphatic carbocycles. The lowest BCUT2D eigenvalue weighted by atomic mass is 9.90. The smallest absolute Gasteiger partial charge is 0.299 e. The monoisotopic (exact) mass is 428 g/mol. The Bertz CT molecular complexity index is 899. The quantitative estimate of drug-likeness (QED) is 0.392. The van der Waals surface area contributed by atoms with Gasteiger partial charge in [0.2, 0.25) is 0 Å². The minimum absolute atomic E-state index is 0.508. The van der Waals surface area contributed by atoms with E-state index in [0.717, 1.165) is 18.8 Å². The first kappa shape index (κ1) is 20.4. The van der Waals surface area contributed by atoms with Crippen molar-refractivity contribution in [1.29, 1.82) is 0 Å². The molecular weight excluding hydrogens is 400 g/mol. The average Bonchev–Trinajstić information content (AvgIpc) is 3.45. The molecule has 3 aromatic rings. The van der Waals surface area contributed by atoms with Gasteiger partial charge in [0.25, 0.3) is 6.01 Å². The fourth-order valence-corrected chi connectivity index (χ4v) is 5.91. The molecule has 0 atom stereocenters. The molecule has 0 unspecified atom stereocenters. The SMILES string of the molecule is CCN(CC)Sc1cc(Nc2ncco2)ccc1-c1cnc(C2CCCCC2)s1. The minimum Gasteiger partial charge on any atom is -0.432 e. The van der Waals surface area contributed by atoms with Crippen LogP contribution in [-0.4, -0.2) is 27.4 Å². The summed E-state index contributed by atoms with van der Waals surface area (Å²) in [4.78, 5) is 11.5. The Morgan fingerprint density at radius 3 is 2.72 bits per heavy atom. The summed E-state index contributed by atoms with van der Waals surface area (Å²) in [5.41, 5.74) is 2.22. The molecule has 7 heteroatoms. The number of aromatic nitrogens is 2. The Balaban J connectivity index is 1.63. The van der Waals surface area contributed by atoms with Gasteiger partial charge in [-0.2, -0.15) is 0 Å². The predicted octanol–water partition coefficient (Wildman–Crippen LogP) is 6.94. The molecule has 2 aromatic heterocycles. The van der Waals surface area contributed by atoms with Gasteiger partial charge >= 0.3 is 0 Å². The van der Waals surface area contributed by atoms with Crippen LogP contribution in [0.2, 0.25) is 0 Å². The van der Waals surface area contributed by atoms with Crippen LogP contribution < -0.4 is 5.32 Å². The molecule has 2 heterocycles. The van der Waals surface area contributed by atoms with E-state index in [1.165, 1.54) is 52.4 Å². The van der Waals surface area contributed by atoms with E-state index in [-0.39, 0.29) is 0 Å². The van der Waals surface area contributed by atoms with Crippen molar-refractivity contribution in [2.45, 2.75) is 56.8 Å². The first-order valence-corrected chi connectivity index (χ1v) is 12.1. The lowest BCUT2D eigenvalue weighted by Crippen LogP contribution is -2.13. The van der Waals surface area contributed by atoms with Gasteiger partial charge in [-0.15, -0.1) is 11.3 Å². The Labute approximate surface area is 181 Å². The summed E-state index contributed by atoms with van der Waals surface area (Å²) in [5.74, 6) is 0.646. The van der Waals surface area contributed by atoms with Crippen LogP contribution in [-0.2, 0) is 0 Å². The zero-order chi connectivity index (χ0) is 20.1. The molecule has 154 valence electrons. The van der Waals surface area contributed by atoms with Crippen LogP contribution in [0, 0.1) is 0 Å². The van der Waals surface area contributed by atoms with Crippen molar-refractivity contribution in [2.24, 2.45) is 0 Å². The summed E-state index contributed by atoms with van der Waals surface area (Å²) in [5, 5.41) is 4.55. The highest BCUT2D eigenvalue weighted by atomic mass is 32.2. The van der Waals surface area contributed by atoms with Gasteiger partial charge in [-0.05, 0) is 36.9 Å². The van der Waals surface area contributed by atoms with Crippen molar-refractivity contribution in [3.05, 3.63) is 41.9 Å². The highest BCUT2D eigenvalue weighted by molar-refractivity contribution is 7.97. The fourth-order valence-electron chi connectivity index (χ4n) is 3.73. The fraction of sp³-hybridized carbons (Fsp3) is 0.455. The van der Waals surface area contributed by atoms with Gasteiger partial charge in [-0.3, -0.25) is 0 Å². The van der Waals surface area contributed by atoms with Crippen molar-refractivity contribution in [3.63, 3.8) is 0 Å². The maximum absolute atomic E-state index is 5.34. The number of oxazole rings is 1. The second-order valence-electron chi connectivity index (χ2n) is 7.28. The van der Waals surface area contributed by atoms with Gasteiger partial charge in [-0.25, -0.2) is 14.3 Å². The van der Waals surface area contributed by atoms with E-state index in [9.17, 15) is 0 Å². The van der Waals surface area contributed by atoms with Gasteiger partial charge in [0, 0.05) is 41.4 Å². The molecule has 0 spiro atoms. The van der Waals surface area contributed by atoms with Crippen molar-refractivity contribution in [3.8, 4) is 10.4 Å². The molecular formula is C22H28N4OS2. The predicted molar refractivity (Wildman–Crippen MR) is 122 cm³/mol. The molecule has 0 amide bonds. The maximum Gasteiger partial charge on any atom is 0.299 e. The molecule has 1 N–H and O–H groups in total. The van der Waals surface area contributed by atoms with E-state index in [1.54, 1.807) is 24.4 Å². The maximum atomic E-state index is 5.34. The molecule has 5 nitrogen and oxygen atoms in total. The molecule has 1 aromatic carbocycles. The number of hydrogen-bond acceptors (Lipinski definition) is 7. The van der Waals surface area contributed by atoms with Crippen LogP contribution in [0.25, 0.3) is 10.4 Å². The topological polar surface area (TPSA) is 54.2 Å². The van der Waals surface area contributed by atoms with E-state index in [4.69, 9.17) is 9.40 Å². The Morgan fingerprint density at radius 2 is 2.00 bits per heavy atom. The highest BCUT2D eigenvalue weighted by Gasteiger charge is 2.20. The Kier molecular flexibility index (Phi) is 6.90. The number of hydrogen-bond donors (Lipinski definition) is 1. The molecule has 1 saturated carbocycles. The molecule has 0 saturated heterocycles. The van der Waals surface area contributed by atoms with E-state index < -0.39 is 0 Å². The Morgan fingerprint density at radius 1 is 1.17 bits per heavy atom. The zero-order valence-corrected chi connectivity index (χ0v) is 18.7. The third-order valence-corrected chi connectivity index (χ3v) is 7.84. The normalized spacial score (nSPS) is 15.1. The first-order chi connectivity index (χ1) is 14.3. The van der Waals surface area contributed by atoms with Gasteiger partial charge < -0.3 is 9.73 Å². The number of thiazole rings is 1. The summed E-state index contributed by atoms with van der Waals surface area (Å²) in [6.45, 7) is 6.37. The summed E-state index contributed by atoms with van der Waals surface area (Å²) in [6.07, 6.45) is 11.9. The van der Waals surface area contributed by atoms with Crippen LogP contribution in [0.4, 0.5) is 11.7 Å². The molecule has 29 heavy (non-hydrogen) atoms. The largest absolute Gasteiger partial charge is 0.432 e. The Hall–Kier alpha value is -1.83. The lowest BCUT2D eigenvalue weighted by Gasteiger charge is -2.20. The van der Waals surface area contributed by atoms with Gasteiger partial charge in [-0.1, -0.05) is 39.2 Å². The van der Waals surface area contributed by atoms with E-state index in [2.05, 4.69) is 52.8 Å². The number of rotatable bonds is 8. The zero-order valence-electron chi connectivity index (χ0n) is 17.1. The minimum atomic E-state index is 0.508. The molecule has 1 fully saturated rings. The van der Waals surface area contributed by atoms with E-state index >= 15 is 0 Å². The number of benzene rings is 1. The van der Waals surface area contributed by atoms with Crippen LogP contribution in [0.5, 0.6) is 0 Å². The third kappa shape index (κ3) is 5.02. The van der Waals surface area contributed by atoms with Gasteiger partial charge in [0.1, 0.15) is 6.26 Å². The van der Waals surface area contributed by atoms with Crippen LogP contribution in [0.3, 0.4) is 0 Å². The third-order valence-electron chi connectivity index (χ3n) is 5.34. The van der Waals surface area contributed by atoms with Crippen LogP contribution in [0.15, 0.2) is 46.2 Å². The molecule has 0 bridgehead atoms. The first-order valence-electron chi connectivity index (χ1n) is 10.5. The number of anilines is 2. The van der Waals surface area contributed by atoms with Crippen LogP contribution >= 0.6 is 23.3 Å².